The molecule has 40 heavy (non-hydrogen) atoms. The molecule has 5 rings (SSSR count). The van der Waals surface area contributed by atoms with Gasteiger partial charge in [0.2, 0.25) is 5.91 Å². The fraction of sp³-hybridized carbons (Fsp3) is 0.676. The Labute approximate surface area is 241 Å². The number of ether oxygens (including phenoxy) is 1. The van der Waals surface area contributed by atoms with Crippen LogP contribution in [0.1, 0.15) is 84.6 Å². The van der Waals surface area contributed by atoms with Crippen LogP contribution in [0.2, 0.25) is 0 Å². The predicted octanol–water partition coefficient (Wildman–Crippen LogP) is 5.75. The smallest absolute Gasteiger partial charge is 0.329 e. The maximum atomic E-state index is 13.6. The molecule has 0 heterocycles. The fourth-order valence-electron chi connectivity index (χ4n) is 8.50. The van der Waals surface area contributed by atoms with Gasteiger partial charge >= 0.3 is 5.97 Å². The number of esters is 1. The van der Waals surface area contributed by atoms with Gasteiger partial charge in [-0.2, -0.15) is 0 Å². The number of amides is 1. The maximum Gasteiger partial charge on any atom is 0.329 e. The van der Waals surface area contributed by atoms with E-state index in [2.05, 4.69) is 19.2 Å². The van der Waals surface area contributed by atoms with E-state index in [4.69, 9.17) is 4.74 Å². The first-order chi connectivity index (χ1) is 19.1. The molecule has 3 saturated carbocycles. The van der Waals surface area contributed by atoms with Crippen LogP contribution >= 0.6 is 0 Å². The summed E-state index contributed by atoms with van der Waals surface area (Å²) in [4.78, 5) is 40.2. The highest BCUT2D eigenvalue weighted by Gasteiger charge is 2.60. The number of nitrogens with one attached hydrogen (secondary N) is 1. The van der Waals surface area contributed by atoms with Crippen molar-refractivity contribution in [2.75, 3.05) is 20.6 Å². The minimum absolute atomic E-state index is 0.0379. The van der Waals surface area contributed by atoms with Gasteiger partial charge in [-0.15, -0.1) is 0 Å². The second-order valence-corrected chi connectivity index (χ2v) is 13.1. The number of likely N-dealkylation sites (N-methyl/N-ethyl adjacent to an activating group) is 1. The molecule has 0 aromatic heterocycles. The van der Waals surface area contributed by atoms with Crippen LogP contribution in [0.25, 0.3) is 0 Å². The molecule has 0 radical (unpaired) electrons. The predicted molar refractivity (Wildman–Crippen MR) is 159 cm³/mol. The molecule has 0 aliphatic heterocycles. The van der Waals surface area contributed by atoms with Crippen molar-refractivity contribution in [3.63, 3.8) is 0 Å². The average molecular weight is 551 g/mol. The highest BCUT2D eigenvalue weighted by atomic mass is 16.5. The van der Waals surface area contributed by atoms with Gasteiger partial charge in [0.1, 0.15) is 12.1 Å². The van der Waals surface area contributed by atoms with Gasteiger partial charge in [0.25, 0.3) is 0 Å². The molecule has 1 N–H and O–H groups in total. The largest absolute Gasteiger partial charge is 0.460 e. The first-order valence-corrected chi connectivity index (χ1v) is 15.5. The number of ketones is 1. The highest BCUT2D eigenvalue weighted by Crippen LogP contribution is 2.65. The van der Waals surface area contributed by atoms with Crippen LogP contribution in [0.4, 0.5) is 0 Å². The Morgan fingerprint density at radius 1 is 1.00 bits per heavy atom. The van der Waals surface area contributed by atoms with Crippen molar-refractivity contribution in [2.45, 2.75) is 97.6 Å². The summed E-state index contributed by atoms with van der Waals surface area (Å²) in [6.45, 7) is 8.97. The Balaban J connectivity index is 0.00000181. The summed E-state index contributed by atoms with van der Waals surface area (Å²) >= 11 is 0. The Morgan fingerprint density at radius 2 is 1.73 bits per heavy atom. The molecule has 4 aliphatic carbocycles. The van der Waals surface area contributed by atoms with E-state index >= 15 is 0 Å². The van der Waals surface area contributed by atoms with Crippen LogP contribution in [0, 0.1) is 28.6 Å². The second kappa shape index (κ2) is 12.6. The van der Waals surface area contributed by atoms with Crippen molar-refractivity contribution in [3.05, 3.63) is 47.5 Å². The molecule has 1 amide bonds. The summed E-state index contributed by atoms with van der Waals surface area (Å²) in [7, 11) is 3.69. The van der Waals surface area contributed by atoms with Gasteiger partial charge in [-0.05, 0) is 93.8 Å². The van der Waals surface area contributed by atoms with Crippen molar-refractivity contribution in [2.24, 2.45) is 28.6 Å². The maximum absolute atomic E-state index is 13.6. The van der Waals surface area contributed by atoms with Gasteiger partial charge in [0.05, 0.1) is 6.54 Å². The van der Waals surface area contributed by atoms with E-state index in [1.807, 2.05) is 64.4 Å². The summed E-state index contributed by atoms with van der Waals surface area (Å²) in [5, 5.41) is 2.95. The third kappa shape index (κ3) is 6.07. The van der Waals surface area contributed by atoms with Crippen molar-refractivity contribution >= 4 is 17.7 Å². The zero-order chi connectivity index (χ0) is 29.1. The number of allylic oxidation sites excluding steroid dienone is 1. The first kappa shape index (κ1) is 30.5. The molecule has 6 heteroatoms. The van der Waals surface area contributed by atoms with Gasteiger partial charge in [0, 0.05) is 18.3 Å². The minimum Gasteiger partial charge on any atom is -0.460 e. The SMILES string of the molecule is CC.CN(C)CC(=O)NC(Cc1ccccc1)C(=O)OC1CCC2C3CCC4=CC(=O)CCC4(C)C3CCC12C. The lowest BCUT2D eigenvalue weighted by molar-refractivity contribution is -0.163. The lowest BCUT2D eigenvalue weighted by atomic mass is 9.47. The van der Waals surface area contributed by atoms with E-state index in [1.165, 1.54) is 5.57 Å². The number of hydrogen-bond acceptors (Lipinski definition) is 5. The number of fused-ring (bicyclic) bond motifs is 5. The highest BCUT2D eigenvalue weighted by molar-refractivity contribution is 5.91. The van der Waals surface area contributed by atoms with Crippen molar-refractivity contribution in [1.29, 1.82) is 0 Å². The van der Waals surface area contributed by atoms with E-state index < -0.39 is 6.04 Å². The molecule has 7 atom stereocenters. The molecule has 6 nitrogen and oxygen atoms in total. The van der Waals surface area contributed by atoms with Crippen LogP contribution in [0.5, 0.6) is 0 Å². The van der Waals surface area contributed by atoms with E-state index in [0.29, 0.717) is 36.4 Å². The van der Waals surface area contributed by atoms with Crippen LogP contribution in [0.15, 0.2) is 42.0 Å². The Morgan fingerprint density at radius 3 is 2.42 bits per heavy atom. The quantitative estimate of drug-likeness (QED) is 0.438. The van der Waals surface area contributed by atoms with Gasteiger partial charge in [-0.1, -0.05) is 63.6 Å². The third-order valence-electron chi connectivity index (χ3n) is 10.5. The van der Waals surface area contributed by atoms with E-state index in [0.717, 1.165) is 50.5 Å². The van der Waals surface area contributed by atoms with Crippen LogP contribution in [-0.4, -0.2) is 55.3 Å². The number of carbonyl (C=O) groups is 3. The molecule has 1 aromatic rings. The molecule has 220 valence electrons. The molecular weight excluding hydrogens is 500 g/mol. The normalized spacial score (nSPS) is 33.4. The second-order valence-electron chi connectivity index (χ2n) is 13.1. The molecule has 7 unspecified atom stereocenters. The average Bonchev–Trinajstić information content (AvgIpc) is 3.26. The number of rotatable bonds is 7. The lowest BCUT2D eigenvalue weighted by Gasteiger charge is -2.57. The van der Waals surface area contributed by atoms with E-state index in [1.54, 1.807) is 4.90 Å². The molecule has 0 bridgehead atoms. The van der Waals surface area contributed by atoms with E-state index in [9.17, 15) is 14.4 Å². The number of nitrogens with zero attached hydrogens (tertiary/aromatic N) is 1. The molecule has 0 saturated heterocycles. The monoisotopic (exact) mass is 550 g/mol. The Bertz CT molecular complexity index is 1100. The van der Waals surface area contributed by atoms with E-state index in [-0.39, 0.29) is 35.4 Å². The van der Waals surface area contributed by atoms with Crippen LogP contribution < -0.4 is 5.32 Å². The molecule has 0 spiro atoms. The summed E-state index contributed by atoms with van der Waals surface area (Å²) in [6.07, 6.45) is 10.2. The number of carbonyl (C=O) groups excluding carboxylic acids is 3. The zero-order valence-corrected chi connectivity index (χ0v) is 25.5. The van der Waals surface area contributed by atoms with Crippen LogP contribution in [0.3, 0.4) is 0 Å². The van der Waals surface area contributed by atoms with Crippen molar-refractivity contribution in [3.8, 4) is 0 Å². The first-order valence-electron chi connectivity index (χ1n) is 15.5. The van der Waals surface area contributed by atoms with Gasteiger partial charge in [-0.3, -0.25) is 9.59 Å². The van der Waals surface area contributed by atoms with Gasteiger partial charge in [0.15, 0.2) is 5.78 Å². The summed E-state index contributed by atoms with van der Waals surface area (Å²) < 4.78 is 6.33. The zero-order valence-electron chi connectivity index (χ0n) is 25.5. The molecule has 4 aliphatic rings. The van der Waals surface area contributed by atoms with Crippen molar-refractivity contribution < 1.29 is 19.1 Å². The standard InChI is InChI=1S/C32H44N2O4.C2H6/c1-31-16-14-23(35)19-22(31)10-11-24-25-12-13-28(32(25,2)17-15-26(24)31)38-30(37)27(33-29(36)20-34(3)4)18-21-8-6-5-7-9-21;1-2/h5-9,19,24-28H,10-18,20H2,1-4H3,(H,33,36);1-2H3. The summed E-state index contributed by atoms with van der Waals surface area (Å²) in [5.74, 6) is 1.57. The molecule has 3 fully saturated rings. The lowest BCUT2D eigenvalue weighted by Crippen LogP contribution is -2.52. The molecular formula is C34H50N2O4. The Hall–Kier alpha value is -2.47. The number of hydrogen-bond donors (Lipinski definition) is 1. The summed E-state index contributed by atoms with van der Waals surface area (Å²) in [6, 6.07) is 9.12. The molecule has 1 aromatic carbocycles. The fourth-order valence-corrected chi connectivity index (χ4v) is 8.50. The summed E-state index contributed by atoms with van der Waals surface area (Å²) in [5.41, 5.74) is 2.49. The van der Waals surface area contributed by atoms with Gasteiger partial charge < -0.3 is 15.0 Å². The Kier molecular flexibility index (Phi) is 9.59. The van der Waals surface area contributed by atoms with Gasteiger partial charge in [-0.25, -0.2) is 4.79 Å². The number of benzene rings is 1. The topological polar surface area (TPSA) is 75.7 Å². The van der Waals surface area contributed by atoms with Crippen LogP contribution in [-0.2, 0) is 25.5 Å². The minimum atomic E-state index is -0.704. The van der Waals surface area contributed by atoms with Crippen molar-refractivity contribution in [1.82, 2.24) is 10.2 Å². The third-order valence-corrected chi connectivity index (χ3v) is 10.5.